The van der Waals surface area contributed by atoms with Crippen LogP contribution in [0.25, 0.3) is 11.3 Å². The summed E-state index contributed by atoms with van der Waals surface area (Å²) in [6.45, 7) is 2.71. The van der Waals surface area contributed by atoms with Crippen molar-refractivity contribution in [1.82, 2.24) is 25.3 Å². The second kappa shape index (κ2) is 8.72. The third-order valence-electron chi connectivity index (χ3n) is 4.93. The zero-order chi connectivity index (χ0) is 20.2. The van der Waals surface area contributed by atoms with Gasteiger partial charge in [0.1, 0.15) is 0 Å². The number of hydrogen-bond donors (Lipinski definition) is 1. The Hall–Kier alpha value is -3.11. The smallest absolute Gasteiger partial charge is 0.245 e. The molecule has 0 unspecified atom stereocenters. The minimum absolute atomic E-state index is 0.145. The summed E-state index contributed by atoms with van der Waals surface area (Å²) in [7, 11) is 0. The van der Waals surface area contributed by atoms with Gasteiger partial charge in [-0.05, 0) is 46.7 Å². The van der Waals surface area contributed by atoms with Crippen LogP contribution >= 0.6 is 11.3 Å². The summed E-state index contributed by atoms with van der Waals surface area (Å²) in [5.41, 5.74) is 1.70. The summed E-state index contributed by atoms with van der Waals surface area (Å²) in [4.78, 5) is 17.2. The molecule has 0 radical (unpaired) electrons. The molecule has 0 bridgehead atoms. The van der Waals surface area contributed by atoms with Crippen LogP contribution in [-0.2, 0) is 17.8 Å². The predicted octanol–water partition coefficient (Wildman–Crippen LogP) is 3.27. The Bertz CT molecular complexity index is 1080. The van der Waals surface area contributed by atoms with Crippen LogP contribution in [0.15, 0.2) is 46.5 Å². The molecule has 30 heavy (non-hydrogen) atoms. The molecular formula is C20H21N7O2S. The molecule has 0 aromatic carbocycles. The number of nitrogens with zero attached hydrogens (tertiary/aromatic N) is 6. The molecule has 4 aromatic rings. The van der Waals surface area contributed by atoms with Crippen molar-refractivity contribution in [2.75, 3.05) is 23.4 Å². The summed E-state index contributed by atoms with van der Waals surface area (Å²) in [6, 6.07) is 10.0. The molecule has 0 amide bonds. The van der Waals surface area contributed by atoms with Crippen LogP contribution in [0.2, 0.25) is 0 Å². The van der Waals surface area contributed by atoms with Crippen LogP contribution in [-0.4, -0.2) is 44.5 Å². The van der Waals surface area contributed by atoms with Gasteiger partial charge < -0.3 is 15.0 Å². The Morgan fingerprint density at radius 1 is 1.13 bits per heavy atom. The van der Waals surface area contributed by atoms with Gasteiger partial charge in [0.15, 0.2) is 11.6 Å². The maximum Gasteiger partial charge on any atom is 0.245 e. The van der Waals surface area contributed by atoms with E-state index in [0.29, 0.717) is 42.6 Å². The largest absolute Gasteiger partial charge is 0.376 e. The van der Waals surface area contributed by atoms with Gasteiger partial charge in [-0.1, -0.05) is 12.1 Å². The number of aromatic nitrogens is 5. The summed E-state index contributed by atoms with van der Waals surface area (Å²) in [6.07, 6.45) is 4.04. The molecule has 1 fully saturated rings. The van der Waals surface area contributed by atoms with E-state index in [4.69, 9.17) is 14.3 Å². The molecule has 5 rings (SSSR count). The van der Waals surface area contributed by atoms with Crippen LogP contribution < -0.4 is 10.2 Å². The van der Waals surface area contributed by atoms with E-state index >= 15 is 0 Å². The average Bonchev–Trinajstić information content (AvgIpc) is 3.54. The van der Waals surface area contributed by atoms with E-state index in [1.165, 1.54) is 4.88 Å². The van der Waals surface area contributed by atoms with Crippen molar-refractivity contribution >= 4 is 34.3 Å². The molecule has 154 valence electrons. The van der Waals surface area contributed by atoms with Crippen molar-refractivity contribution in [2.24, 2.45) is 0 Å². The zero-order valence-corrected chi connectivity index (χ0v) is 17.1. The first kappa shape index (κ1) is 18.9. The summed E-state index contributed by atoms with van der Waals surface area (Å²) >= 11 is 1.69. The highest BCUT2D eigenvalue weighted by molar-refractivity contribution is 7.09. The first-order valence-corrected chi connectivity index (χ1v) is 10.8. The number of anilines is 2. The third kappa shape index (κ3) is 4.24. The third-order valence-corrected chi connectivity index (χ3v) is 5.81. The first-order chi connectivity index (χ1) is 14.8. The molecule has 4 aromatic heterocycles. The van der Waals surface area contributed by atoms with Gasteiger partial charge in [0.2, 0.25) is 11.3 Å². The lowest BCUT2D eigenvalue weighted by Crippen LogP contribution is -2.33. The van der Waals surface area contributed by atoms with Gasteiger partial charge in [-0.25, -0.2) is 14.6 Å². The minimum atomic E-state index is 0.145. The fourth-order valence-corrected chi connectivity index (χ4v) is 4.14. The molecular weight excluding hydrogens is 402 g/mol. The van der Waals surface area contributed by atoms with Gasteiger partial charge in [0.25, 0.3) is 0 Å². The topological polar surface area (TPSA) is 102 Å². The van der Waals surface area contributed by atoms with E-state index in [1.807, 2.05) is 24.3 Å². The number of nitrogens with one attached hydrogen (secondary N) is 1. The lowest BCUT2D eigenvalue weighted by atomic mass is 10.2. The van der Waals surface area contributed by atoms with E-state index < -0.39 is 0 Å². The SMILES string of the molecule is c1ccc(CN(C[C@H]2CCCO2)c2nc3nonc3nc2NCc2cccs2)nc1. The molecule has 1 aliphatic rings. The van der Waals surface area contributed by atoms with Crippen molar-refractivity contribution in [2.45, 2.75) is 32.0 Å². The predicted molar refractivity (Wildman–Crippen MR) is 113 cm³/mol. The molecule has 10 heteroatoms. The molecule has 9 nitrogen and oxygen atoms in total. The van der Waals surface area contributed by atoms with E-state index in [2.05, 4.69) is 41.9 Å². The van der Waals surface area contributed by atoms with E-state index in [1.54, 1.807) is 17.5 Å². The van der Waals surface area contributed by atoms with Crippen LogP contribution in [0.5, 0.6) is 0 Å². The highest BCUT2D eigenvalue weighted by Crippen LogP contribution is 2.28. The van der Waals surface area contributed by atoms with Gasteiger partial charge in [-0.2, -0.15) is 0 Å². The van der Waals surface area contributed by atoms with E-state index in [9.17, 15) is 0 Å². The van der Waals surface area contributed by atoms with Crippen molar-refractivity contribution in [3.05, 3.63) is 52.5 Å². The van der Waals surface area contributed by atoms with Crippen molar-refractivity contribution < 1.29 is 9.37 Å². The van der Waals surface area contributed by atoms with Gasteiger partial charge in [-0.15, -0.1) is 11.3 Å². The maximum absolute atomic E-state index is 5.90. The molecule has 0 spiro atoms. The molecule has 5 heterocycles. The molecule has 1 aliphatic heterocycles. The quantitative estimate of drug-likeness (QED) is 0.457. The van der Waals surface area contributed by atoms with Gasteiger partial charge in [-0.3, -0.25) is 4.98 Å². The molecule has 0 aliphatic carbocycles. The van der Waals surface area contributed by atoms with Crippen molar-refractivity contribution in [3.63, 3.8) is 0 Å². The normalized spacial score (nSPS) is 16.2. The second-order valence-corrected chi connectivity index (χ2v) is 8.11. The van der Waals surface area contributed by atoms with Crippen molar-refractivity contribution in [1.29, 1.82) is 0 Å². The van der Waals surface area contributed by atoms with Gasteiger partial charge in [0.05, 0.1) is 24.9 Å². The fourth-order valence-electron chi connectivity index (χ4n) is 3.50. The van der Waals surface area contributed by atoms with Gasteiger partial charge >= 0.3 is 0 Å². The summed E-state index contributed by atoms with van der Waals surface area (Å²) in [5, 5.41) is 13.2. The number of fused-ring (bicyclic) bond motifs is 1. The highest BCUT2D eigenvalue weighted by atomic mass is 32.1. The Labute approximate surface area is 177 Å². The van der Waals surface area contributed by atoms with Crippen LogP contribution in [0, 0.1) is 0 Å². The molecule has 1 N–H and O–H groups in total. The Morgan fingerprint density at radius 3 is 2.83 bits per heavy atom. The zero-order valence-electron chi connectivity index (χ0n) is 16.3. The Balaban J connectivity index is 1.49. The van der Waals surface area contributed by atoms with Crippen LogP contribution in [0.3, 0.4) is 0 Å². The minimum Gasteiger partial charge on any atom is -0.376 e. The van der Waals surface area contributed by atoms with Crippen LogP contribution in [0.1, 0.15) is 23.4 Å². The van der Waals surface area contributed by atoms with Crippen molar-refractivity contribution in [3.8, 4) is 0 Å². The fraction of sp³-hybridized carbons (Fsp3) is 0.350. The summed E-state index contributed by atoms with van der Waals surface area (Å²) < 4.78 is 10.7. The Morgan fingerprint density at radius 2 is 2.07 bits per heavy atom. The number of pyridine rings is 1. The molecule has 1 atom stereocenters. The second-order valence-electron chi connectivity index (χ2n) is 7.08. The first-order valence-electron chi connectivity index (χ1n) is 9.88. The lowest BCUT2D eigenvalue weighted by molar-refractivity contribution is 0.115. The number of hydrogen-bond acceptors (Lipinski definition) is 10. The van der Waals surface area contributed by atoms with Crippen LogP contribution in [0.4, 0.5) is 11.6 Å². The lowest BCUT2D eigenvalue weighted by Gasteiger charge is -2.27. The highest BCUT2D eigenvalue weighted by Gasteiger charge is 2.24. The molecule has 1 saturated heterocycles. The summed E-state index contributed by atoms with van der Waals surface area (Å²) in [5.74, 6) is 1.33. The molecule has 0 saturated carbocycles. The maximum atomic E-state index is 5.90. The van der Waals surface area contributed by atoms with E-state index in [0.717, 1.165) is 25.1 Å². The number of thiophene rings is 1. The monoisotopic (exact) mass is 423 g/mol. The standard InChI is InChI=1S/C20H21N7O2S/c1-2-8-21-14(5-1)12-27(13-15-6-3-9-28-15)20-19(22-11-16-7-4-10-30-16)23-17-18(24-20)26-29-25-17/h1-2,4-5,7-8,10,15H,3,6,9,11-13H2,(H,22,23,25)/t15-/m1/s1. The van der Waals surface area contributed by atoms with Gasteiger partial charge in [0, 0.05) is 24.2 Å². The number of ether oxygens (including phenoxy) is 1. The van der Waals surface area contributed by atoms with E-state index in [-0.39, 0.29) is 6.10 Å². The number of rotatable bonds is 8. The average molecular weight is 424 g/mol. The Kier molecular flexibility index (Phi) is 5.49.